The number of carbonyl (C=O) groups excluding carboxylic acids is 1. The van der Waals surface area contributed by atoms with Gasteiger partial charge in [-0.25, -0.2) is 4.79 Å². The molecule has 0 saturated heterocycles. The Labute approximate surface area is 111 Å². The van der Waals surface area contributed by atoms with Crippen LogP contribution in [0.1, 0.15) is 25.8 Å². The van der Waals surface area contributed by atoms with Gasteiger partial charge in [0, 0.05) is 5.02 Å². The van der Waals surface area contributed by atoms with Crippen LogP contribution in [0, 0.1) is 4.91 Å². The van der Waals surface area contributed by atoms with Crippen molar-refractivity contribution in [3.05, 3.63) is 39.8 Å². The summed E-state index contributed by atoms with van der Waals surface area (Å²) in [6.07, 6.45) is 0.646. The zero-order chi connectivity index (χ0) is 13.5. The molecule has 0 heterocycles. The largest absolute Gasteiger partial charge is 0.461 e. The van der Waals surface area contributed by atoms with Crippen LogP contribution < -0.4 is 0 Å². The molecular weight excluding hydrogens is 254 g/mol. The van der Waals surface area contributed by atoms with E-state index >= 15 is 0 Å². The minimum absolute atomic E-state index is 0.243. The Morgan fingerprint density at radius 3 is 2.72 bits per heavy atom. The fourth-order valence-corrected chi connectivity index (χ4v) is 1.73. The Balaban J connectivity index is 2.54. The summed E-state index contributed by atoms with van der Waals surface area (Å²) in [5.74, 6) is -0.568. The zero-order valence-electron chi connectivity index (χ0n) is 10.4. The highest BCUT2D eigenvalue weighted by Gasteiger charge is 2.21. The van der Waals surface area contributed by atoms with Crippen LogP contribution in [0.25, 0.3) is 0 Å². The molecule has 0 saturated carbocycles. The smallest absolute Gasteiger partial charge is 0.334 e. The van der Waals surface area contributed by atoms with Crippen molar-refractivity contribution in [3.63, 3.8) is 0 Å². The first-order valence-corrected chi connectivity index (χ1v) is 6.18. The molecule has 98 valence electrons. The summed E-state index contributed by atoms with van der Waals surface area (Å²) in [5.41, 5.74) is 0.966. The predicted molar refractivity (Wildman–Crippen MR) is 70.6 cm³/mol. The standard InChI is InChI=1S/C13H16ClNO3/c1-9(2)18-13(16)12(15-17)7-6-10-4-3-5-11(14)8-10/h3-5,8-9,12H,6-7H2,1-2H3. The fourth-order valence-electron chi connectivity index (χ4n) is 1.52. The molecule has 18 heavy (non-hydrogen) atoms. The second kappa shape index (κ2) is 7.11. The van der Waals surface area contributed by atoms with Crippen LogP contribution in [0.3, 0.4) is 0 Å². The molecule has 0 aliphatic rings. The number of ether oxygens (including phenoxy) is 1. The molecule has 0 aromatic heterocycles. The molecule has 0 N–H and O–H groups in total. The number of esters is 1. The molecule has 1 atom stereocenters. The third-order valence-electron chi connectivity index (χ3n) is 2.35. The molecule has 0 bridgehead atoms. The average molecular weight is 270 g/mol. The normalized spacial score (nSPS) is 12.2. The second-order valence-corrected chi connectivity index (χ2v) is 4.71. The number of hydrogen-bond donors (Lipinski definition) is 0. The summed E-state index contributed by atoms with van der Waals surface area (Å²) in [6.45, 7) is 3.47. The lowest BCUT2D eigenvalue weighted by Crippen LogP contribution is -2.24. The lowest BCUT2D eigenvalue weighted by Gasteiger charge is -2.11. The summed E-state index contributed by atoms with van der Waals surface area (Å²) >= 11 is 5.85. The summed E-state index contributed by atoms with van der Waals surface area (Å²) in [5, 5.41) is 3.45. The molecule has 5 heteroatoms. The predicted octanol–water partition coefficient (Wildman–Crippen LogP) is 3.36. The van der Waals surface area contributed by atoms with Crippen molar-refractivity contribution in [3.8, 4) is 0 Å². The van der Waals surface area contributed by atoms with E-state index in [4.69, 9.17) is 16.3 Å². The first kappa shape index (κ1) is 14.6. The van der Waals surface area contributed by atoms with Gasteiger partial charge in [-0.05, 0) is 44.4 Å². The number of hydrogen-bond acceptors (Lipinski definition) is 4. The first-order valence-electron chi connectivity index (χ1n) is 5.80. The number of rotatable bonds is 6. The van der Waals surface area contributed by atoms with Crippen LogP contribution in [0.5, 0.6) is 0 Å². The van der Waals surface area contributed by atoms with Gasteiger partial charge in [0.25, 0.3) is 0 Å². The minimum Gasteiger partial charge on any atom is -0.461 e. The van der Waals surface area contributed by atoms with Crippen molar-refractivity contribution in [1.29, 1.82) is 0 Å². The van der Waals surface area contributed by atoms with Crippen molar-refractivity contribution in [1.82, 2.24) is 0 Å². The van der Waals surface area contributed by atoms with Crippen molar-refractivity contribution in [2.24, 2.45) is 5.18 Å². The summed E-state index contributed by atoms with van der Waals surface area (Å²) in [4.78, 5) is 22.2. The molecule has 0 aliphatic carbocycles. The van der Waals surface area contributed by atoms with Crippen molar-refractivity contribution in [2.75, 3.05) is 0 Å². The highest BCUT2D eigenvalue weighted by atomic mass is 35.5. The summed E-state index contributed by atoms with van der Waals surface area (Å²) in [6, 6.07) is 6.34. The fraction of sp³-hybridized carbons (Fsp3) is 0.462. The van der Waals surface area contributed by atoms with E-state index in [1.54, 1.807) is 26.0 Å². The van der Waals surface area contributed by atoms with Gasteiger partial charge in [0.2, 0.25) is 0 Å². The zero-order valence-corrected chi connectivity index (χ0v) is 11.2. The molecule has 1 unspecified atom stereocenters. The Bertz CT molecular complexity index is 420. The monoisotopic (exact) mass is 269 g/mol. The Morgan fingerprint density at radius 2 is 2.17 bits per heavy atom. The van der Waals surface area contributed by atoms with Crippen molar-refractivity contribution >= 4 is 17.6 Å². The third kappa shape index (κ3) is 4.84. The molecular formula is C13H16ClNO3. The highest BCUT2D eigenvalue weighted by Crippen LogP contribution is 2.14. The van der Waals surface area contributed by atoms with Gasteiger partial charge in [-0.1, -0.05) is 28.9 Å². The Morgan fingerprint density at radius 1 is 1.44 bits per heavy atom. The molecule has 0 radical (unpaired) electrons. The molecule has 1 aromatic carbocycles. The molecule has 1 rings (SSSR count). The van der Waals surface area contributed by atoms with Gasteiger partial charge in [0.05, 0.1) is 6.10 Å². The van der Waals surface area contributed by atoms with Crippen molar-refractivity contribution in [2.45, 2.75) is 38.8 Å². The highest BCUT2D eigenvalue weighted by molar-refractivity contribution is 6.30. The second-order valence-electron chi connectivity index (χ2n) is 4.28. The van der Waals surface area contributed by atoms with E-state index in [0.29, 0.717) is 17.9 Å². The van der Waals surface area contributed by atoms with Gasteiger partial charge in [-0.2, -0.15) is 0 Å². The van der Waals surface area contributed by atoms with Gasteiger partial charge < -0.3 is 4.74 Å². The lowest BCUT2D eigenvalue weighted by atomic mass is 10.1. The van der Waals surface area contributed by atoms with Crippen LogP contribution >= 0.6 is 11.6 Å². The topological polar surface area (TPSA) is 55.7 Å². The molecule has 1 aromatic rings. The number of carbonyl (C=O) groups is 1. The number of nitrogens with zero attached hydrogens (tertiary/aromatic N) is 1. The number of nitroso groups, excluding NO2 is 1. The molecule has 0 amide bonds. The van der Waals surface area contributed by atoms with Gasteiger partial charge in [-0.15, -0.1) is 4.91 Å². The van der Waals surface area contributed by atoms with Crippen LogP contribution in [0.15, 0.2) is 29.4 Å². The van der Waals surface area contributed by atoms with Gasteiger partial charge >= 0.3 is 5.97 Å². The van der Waals surface area contributed by atoms with Gasteiger partial charge in [0.1, 0.15) is 0 Å². The number of benzene rings is 1. The van der Waals surface area contributed by atoms with E-state index in [9.17, 15) is 9.70 Å². The maximum Gasteiger partial charge on any atom is 0.334 e. The van der Waals surface area contributed by atoms with Gasteiger partial charge in [-0.3, -0.25) is 0 Å². The van der Waals surface area contributed by atoms with E-state index in [1.165, 1.54) is 0 Å². The van der Waals surface area contributed by atoms with E-state index in [0.717, 1.165) is 5.56 Å². The van der Waals surface area contributed by atoms with E-state index in [-0.39, 0.29) is 6.10 Å². The number of aryl methyl sites for hydroxylation is 1. The molecule has 4 nitrogen and oxygen atoms in total. The van der Waals surface area contributed by atoms with Crippen LogP contribution in [0.2, 0.25) is 5.02 Å². The van der Waals surface area contributed by atoms with Crippen LogP contribution in [-0.4, -0.2) is 18.1 Å². The maximum atomic E-state index is 11.5. The minimum atomic E-state index is -0.952. The molecule has 0 fully saturated rings. The molecule has 0 spiro atoms. The van der Waals surface area contributed by atoms with Crippen LogP contribution in [0.4, 0.5) is 0 Å². The van der Waals surface area contributed by atoms with E-state index < -0.39 is 12.0 Å². The Hall–Kier alpha value is -1.42. The SMILES string of the molecule is CC(C)OC(=O)C(CCc1cccc(Cl)c1)N=O. The average Bonchev–Trinajstić information content (AvgIpc) is 2.29. The van der Waals surface area contributed by atoms with Crippen LogP contribution in [-0.2, 0) is 16.0 Å². The third-order valence-corrected chi connectivity index (χ3v) is 2.58. The quantitative estimate of drug-likeness (QED) is 0.588. The lowest BCUT2D eigenvalue weighted by molar-refractivity contribution is -0.149. The van der Waals surface area contributed by atoms with E-state index in [1.807, 2.05) is 12.1 Å². The van der Waals surface area contributed by atoms with Gasteiger partial charge in [0.15, 0.2) is 6.04 Å². The summed E-state index contributed by atoms with van der Waals surface area (Å²) in [7, 11) is 0. The van der Waals surface area contributed by atoms with Crippen molar-refractivity contribution < 1.29 is 9.53 Å². The molecule has 0 aliphatic heterocycles. The Kier molecular flexibility index (Phi) is 5.78. The maximum absolute atomic E-state index is 11.5. The first-order chi connectivity index (χ1) is 8.52. The van der Waals surface area contributed by atoms with E-state index in [2.05, 4.69) is 5.18 Å². The number of halogens is 1. The summed E-state index contributed by atoms with van der Waals surface area (Å²) < 4.78 is 4.96.